The summed E-state index contributed by atoms with van der Waals surface area (Å²) in [4.78, 5) is 12.6. The van der Waals surface area contributed by atoms with E-state index in [2.05, 4.69) is 6.58 Å². The van der Waals surface area contributed by atoms with Crippen molar-refractivity contribution in [3.63, 3.8) is 0 Å². The Morgan fingerprint density at radius 3 is 2.11 bits per heavy atom. The van der Waals surface area contributed by atoms with E-state index >= 15 is 0 Å². The fourth-order valence-electron chi connectivity index (χ4n) is 3.75. The summed E-state index contributed by atoms with van der Waals surface area (Å²) >= 11 is 0. The van der Waals surface area contributed by atoms with Crippen LogP contribution in [0, 0.1) is 17.5 Å². The topological polar surface area (TPSA) is 44.8 Å². The van der Waals surface area contributed by atoms with Gasteiger partial charge in [-0.25, -0.2) is 18.0 Å². The number of halogens is 3. The lowest BCUT2D eigenvalue weighted by molar-refractivity contribution is 0.0728. The maximum atomic E-state index is 14.8. The van der Waals surface area contributed by atoms with Gasteiger partial charge in [-0.1, -0.05) is 42.5 Å². The monoisotopic (exact) mass is 518 g/mol. The van der Waals surface area contributed by atoms with E-state index in [-0.39, 0.29) is 17.1 Å². The number of esters is 1. The van der Waals surface area contributed by atoms with Gasteiger partial charge in [0.15, 0.2) is 23.2 Å². The van der Waals surface area contributed by atoms with Crippen molar-refractivity contribution in [2.24, 2.45) is 0 Å². The molecule has 4 aromatic carbocycles. The Morgan fingerprint density at radius 2 is 1.45 bits per heavy atom. The summed E-state index contributed by atoms with van der Waals surface area (Å²) in [5.41, 5.74) is 1.17. The molecule has 7 heteroatoms. The van der Waals surface area contributed by atoms with Crippen LogP contribution in [0.15, 0.2) is 91.5 Å². The van der Waals surface area contributed by atoms with Crippen molar-refractivity contribution in [2.45, 2.75) is 13.3 Å². The molecule has 0 amide bonds. The number of benzene rings is 4. The molecule has 0 fully saturated rings. The highest BCUT2D eigenvalue weighted by Gasteiger charge is 2.21. The van der Waals surface area contributed by atoms with Crippen LogP contribution in [0.25, 0.3) is 22.3 Å². The van der Waals surface area contributed by atoms with Gasteiger partial charge in [0.25, 0.3) is 0 Å². The van der Waals surface area contributed by atoms with E-state index in [1.807, 2.05) is 6.92 Å². The molecule has 0 aromatic heterocycles. The Labute approximate surface area is 218 Å². The highest BCUT2D eigenvalue weighted by molar-refractivity contribution is 5.92. The molecule has 0 bridgehead atoms. The summed E-state index contributed by atoms with van der Waals surface area (Å²) in [5, 5.41) is 0. The van der Waals surface area contributed by atoms with Crippen LogP contribution in [0.3, 0.4) is 0 Å². The summed E-state index contributed by atoms with van der Waals surface area (Å²) in [5.74, 6) is -3.13. The number of hydrogen-bond acceptors (Lipinski definition) is 4. The average Bonchev–Trinajstić information content (AvgIpc) is 2.92. The second-order valence-corrected chi connectivity index (χ2v) is 8.23. The van der Waals surface area contributed by atoms with Crippen molar-refractivity contribution in [1.82, 2.24) is 0 Å². The minimum Gasteiger partial charge on any atom is -0.494 e. The minimum atomic E-state index is -1.30. The highest BCUT2D eigenvalue weighted by Crippen LogP contribution is 2.30. The van der Waals surface area contributed by atoms with Crippen LogP contribution in [-0.4, -0.2) is 19.2 Å². The van der Waals surface area contributed by atoms with Crippen molar-refractivity contribution >= 4 is 5.97 Å². The molecule has 0 heterocycles. The summed E-state index contributed by atoms with van der Waals surface area (Å²) in [6, 6.07) is 19.9. The zero-order chi connectivity index (χ0) is 27.1. The second kappa shape index (κ2) is 12.1. The van der Waals surface area contributed by atoms with Crippen molar-refractivity contribution in [1.29, 1.82) is 0 Å². The summed E-state index contributed by atoms with van der Waals surface area (Å²) < 4.78 is 60.0. The SMILES string of the molecule is C=CCCOc1ccc(-c2ccc(OC(=O)c3ccc(-c4ccc(OCC)cc4)c(F)c3F)cc2)cc1F. The quantitative estimate of drug-likeness (QED) is 0.0923. The van der Waals surface area contributed by atoms with Gasteiger partial charge in [-0.15, -0.1) is 6.58 Å². The van der Waals surface area contributed by atoms with Gasteiger partial charge in [0.05, 0.1) is 18.8 Å². The number of carbonyl (C=O) groups is 1. The molecule has 4 aromatic rings. The van der Waals surface area contributed by atoms with Gasteiger partial charge in [0.1, 0.15) is 11.5 Å². The lowest BCUT2D eigenvalue weighted by Crippen LogP contribution is -2.12. The molecule has 0 saturated heterocycles. The Morgan fingerprint density at radius 1 is 0.789 bits per heavy atom. The van der Waals surface area contributed by atoms with E-state index in [0.717, 1.165) is 0 Å². The van der Waals surface area contributed by atoms with Gasteiger partial charge in [-0.3, -0.25) is 0 Å². The zero-order valence-electron chi connectivity index (χ0n) is 20.7. The number of rotatable bonds is 10. The minimum absolute atomic E-state index is 0.0100. The molecule has 4 rings (SSSR count). The van der Waals surface area contributed by atoms with Crippen LogP contribution >= 0.6 is 0 Å². The van der Waals surface area contributed by atoms with E-state index in [1.54, 1.807) is 48.5 Å². The third-order valence-corrected chi connectivity index (χ3v) is 5.69. The fraction of sp³-hybridized carbons (Fsp3) is 0.129. The molecule has 0 aliphatic rings. The lowest BCUT2D eigenvalue weighted by Gasteiger charge is -2.11. The molecule has 0 atom stereocenters. The molecule has 4 nitrogen and oxygen atoms in total. The van der Waals surface area contributed by atoms with Crippen LogP contribution < -0.4 is 14.2 Å². The first-order valence-electron chi connectivity index (χ1n) is 12.0. The van der Waals surface area contributed by atoms with Crippen LogP contribution in [0.5, 0.6) is 17.2 Å². The first-order chi connectivity index (χ1) is 18.4. The molecule has 38 heavy (non-hydrogen) atoms. The molecule has 0 spiro atoms. The number of hydrogen-bond donors (Lipinski definition) is 0. The zero-order valence-corrected chi connectivity index (χ0v) is 20.7. The van der Waals surface area contributed by atoms with Gasteiger partial charge in [0.2, 0.25) is 0 Å². The molecule has 0 aliphatic carbocycles. The van der Waals surface area contributed by atoms with Crippen LogP contribution in [0.2, 0.25) is 0 Å². The molecule has 0 aliphatic heterocycles. The second-order valence-electron chi connectivity index (χ2n) is 8.23. The van der Waals surface area contributed by atoms with E-state index in [1.165, 1.54) is 36.4 Å². The summed E-state index contributed by atoms with van der Waals surface area (Å²) in [6.45, 7) is 6.25. The van der Waals surface area contributed by atoms with E-state index < -0.39 is 29.0 Å². The smallest absolute Gasteiger partial charge is 0.346 e. The Balaban J connectivity index is 1.46. The van der Waals surface area contributed by atoms with Crippen molar-refractivity contribution in [2.75, 3.05) is 13.2 Å². The predicted molar refractivity (Wildman–Crippen MR) is 140 cm³/mol. The largest absolute Gasteiger partial charge is 0.494 e. The van der Waals surface area contributed by atoms with Crippen molar-refractivity contribution < 1.29 is 32.2 Å². The third kappa shape index (κ3) is 6.06. The van der Waals surface area contributed by atoms with E-state index in [4.69, 9.17) is 14.2 Å². The van der Waals surface area contributed by atoms with Gasteiger partial charge in [-0.2, -0.15) is 0 Å². The van der Waals surface area contributed by atoms with E-state index in [9.17, 15) is 18.0 Å². The molecule has 194 valence electrons. The summed E-state index contributed by atoms with van der Waals surface area (Å²) in [7, 11) is 0. The standard InChI is InChI=1S/C31H25F3O4/c1-3-5-18-37-28-17-10-22(19-27(28)32)20-6-13-24(14-7-20)38-31(35)26-16-15-25(29(33)30(26)34)21-8-11-23(12-9-21)36-4-2/h3,6-17,19H,1,4-5,18H2,2H3. The first kappa shape index (κ1) is 26.5. The molecule has 0 saturated carbocycles. The van der Waals surface area contributed by atoms with Gasteiger partial charge >= 0.3 is 5.97 Å². The molecule has 0 N–H and O–H groups in total. The van der Waals surface area contributed by atoms with Gasteiger partial charge in [-0.05, 0) is 72.5 Å². The van der Waals surface area contributed by atoms with Crippen LogP contribution in [0.1, 0.15) is 23.7 Å². The van der Waals surface area contributed by atoms with Crippen LogP contribution in [0.4, 0.5) is 13.2 Å². The summed E-state index contributed by atoms with van der Waals surface area (Å²) in [6.07, 6.45) is 2.29. The van der Waals surface area contributed by atoms with Crippen LogP contribution in [-0.2, 0) is 0 Å². The number of ether oxygens (including phenoxy) is 3. The maximum absolute atomic E-state index is 14.8. The predicted octanol–water partition coefficient (Wildman–Crippen LogP) is 8.01. The average molecular weight is 519 g/mol. The Kier molecular flexibility index (Phi) is 8.48. The van der Waals surface area contributed by atoms with Gasteiger partial charge in [0, 0.05) is 5.56 Å². The van der Waals surface area contributed by atoms with Crippen molar-refractivity contribution in [3.05, 3.63) is 115 Å². The lowest BCUT2D eigenvalue weighted by atomic mass is 10.0. The molecule has 0 unspecified atom stereocenters. The normalized spacial score (nSPS) is 10.6. The number of carbonyl (C=O) groups excluding carboxylic acids is 1. The maximum Gasteiger partial charge on any atom is 0.346 e. The fourth-order valence-corrected chi connectivity index (χ4v) is 3.75. The van der Waals surface area contributed by atoms with Crippen molar-refractivity contribution in [3.8, 4) is 39.5 Å². The Hall–Kier alpha value is -4.52. The molecular formula is C31H25F3O4. The van der Waals surface area contributed by atoms with Gasteiger partial charge < -0.3 is 14.2 Å². The Bertz CT molecular complexity index is 1430. The third-order valence-electron chi connectivity index (χ3n) is 5.69. The first-order valence-corrected chi connectivity index (χ1v) is 12.0. The molecular weight excluding hydrogens is 493 g/mol. The van der Waals surface area contributed by atoms with E-state index in [0.29, 0.717) is 42.1 Å². The highest BCUT2D eigenvalue weighted by atomic mass is 19.2. The molecule has 0 radical (unpaired) electrons.